The lowest BCUT2D eigenvalue weighted by molar-refractivity contribution is -0.100. The van der Waals surface area contributed by atoms with E-state index in [1.54, 1.807) is 38.5 Å². The summed E-state index contributed by atoms with van der Waals surface area (Å²) in [6, 6.07) is 0.0739. The number of phosphoric acid groups is 1. The minimum atomic E-state index is -4.36. The van der Waals surface area contributed by atoms with Crippen molar-refractivity contribution < 1.29 is 32.7 Å². The van der Waals surface area contributed by atoms with Gasteiger partial charge in [-0.15, -0.1) is 0 Å². The second kappa shape index (κ2) is 9.06. The molecule has 30 heavy (non-hydrogen) atoms. The summed E-state index contributed by atoms with van der Waals surface area (Å²) in [4.78, 5) is 26.0. The molecule has 1 aliphatic heterocycles. The molecule has 2 heterocycles. The summed E-state index contributed by atoms with van der Waals surface area (Å²) in [5.41, 5.74) is -1.30. The van der Waals surface area contributed by atoms with E-state index in [-0.39, 0.29) is 19.0 Å². The van der Waals surface area contributed by atoms with Crippen LogP contribution in [0.15, 0.2) is 11.0 Å². The molecule has 0 aliphatic carbocycles. The highest BCUT2D eigenvalue weighted by atomic mass is 31.2. The van der Waals surface area contributed by atoms with Gasteiger partial charge in [0, 0.05) is 18.2 Å². The Balaban J connectivity index is 2.29. The van der Waals surface area contributed by atoms with Gasteiger partial charge in [0.15, 0.2) is 0 Å². The van der Waals surface area contributed by atoms with E-state index < -0.39 is 43.0 Å². The maximum absolute atomic E-state index is 12.5. The van der Waals surface area contributed by atoms with Gasteiger partial charge in [-0.05, 0) is 48.5 Å². The Labute approximate surface area is 177 Å². The maximum atomic E-state index is 12.5. The van der Waals surface area contributed by atoms with Crippen molar-refractivity contribution in [2.75, 3.05) is 13.7 Å². The van der Waals surface area contributed by atoms with Crippen molar-refractivity contribution in [3.63, 3.8) is 0 Å². The summed E-state index contributed by atoms with van der Waals surface area (Å²) in [5, 5.41) is 0. The molecule has 0 spiro atoms. The number of nitrogens with zero attached hydrogens (tertiary/aromatic N) is 2. The SMILES string of the molecule is COc1nc(=O)c(C)cn1[C@H]1CC(OP(=O)(O)OC(C)(C)C)[C@@H](COC(C)(C)C)O1. The molecule has 1 aliphatic rings. The number of methoxy groups -OCH3 is 1. The molecule has 0 amide bonds. The number of hydrogen-bond donors (Lipinski definition) is 1. The van der Waals surface area contributed by atoms with E-state index in [2.05, 4.69) is 4.98 Å². The Morgan fingerprint density at radius 3 is 2.43 bits per heavy atom. The van der Waals surface area contributed by atoms with Crippen LogP contribution in [0, 0.1) is 6.92 Å². The van der Waals surface area contributed by atoms with Crippen LogP contribution < -0.4 is 10.3 Å². The third-order valence-electron chi connectivity index (χ3n) is 4.10. The predicted molar refractivity (Wildman–Crippen MR) is 110 cm³/mol. The molecule has 0 bridgehead atoms. The second-order valence-electron chi connectivity index (χ2n) is 9.23. The van der Waals surface area contributed by atoms with Crippen LogP contribution in [0.5, 0.6) is 6.01 Å². The van der Waals surface area contributed by atoms with E-state index in [0.717, 1.165) is 0 Å². The Morgan fingerprint density at radius 1 is 1.27 bits per heavy atom. The van der Waals surface area contributed by atoms with Crippen LogP contribution in [0.25, 0.3) is 0 Å². The van der Waals surface area contributed by atoms with Crippen molar-refractivity contribution in [3.8, 4) is 6.01 Å². The van der Waals surface area contributed by atoms with E-state index in [9.17, 15) is 14.3 Å². The molecule has 1 N–H and O–H groups in total. The van der Waals surface area contributed by atoms with Gasteiger partial charge in [0.1, 0.15) is 18.4 Å². The van der Waals surface area contributed by atoms with Crippen molar-refractivity contribution in [2.45, 2.75) is 84.5 Å². The van der Waals surface area contributed by atoms with E-state index >= 15 is 0 Å². The smallest absolute Gasteiger partial charge is 0.468 e. The molecule has 11 heteroatoms. The molecule has 1 aromatic heterocycles. The number of ether oxygens (including phenoxy) is 3. The van der Waals surface area contributed by atoms with Gasteiger partial charge in [-0.3, -0.25) is 18.4 Å². The number of rotatable bonds is 7. The van der Waals surface area contributed by atoms with Gasteiger partial charge in [0.05, 0.1) is 24.9 Å². The molecule has 0 saturated carbocycles. The highest BCUT2D eigenvalue weighted by molar-refractivity contribution is 7.47. The fraction of sp³-hybridized carbons (Fsp3) is 0.789. The fourth-order valence-corrected chi connectivity index (χ4v) is 4.21. The lowest BCUT2D eigenvalue weighted by atomic mass is 10.1. The summed E-state index contributed by atoms with van der Waals surface area (Å²) in [7, 11) is -2.96. The van der Waals surface area contributed by atoms with E-state index in [0.29, 0.717) is 5.56 Å². The van der Waals surface area contributed by atoms with Crippen molar-refractivity contribution in [3.05, 3.63) is 22.1 Å². The van der Waals surface area contributed by atoms with Gasteiger partial charge in [0.25, 0.3) is 5.56 Å². The highest BCUT2D eigenvalue weighted by Gasteiger charge is 2.43. The summed E-state index contributed by atoms with van der Waals surface area (Å²) in [6.45, 7) is 12.4. The molecule has 1 fully saturated rings. The first-order chi connectivity index (χ1) is 13.6. The number of hydrogen-bond acceptors (Lipinski definition) is 8. The number of aromatic nitrogens is 2. The van der Waals surface area contributed by atoms with Crippen LogP contribution >= 0.6 is 7.82 Å². The number of phosphoric ester groups is 1. The molecule has 4 atom stereocenters. The fourth-order valence-electron chi connectivity index (χ4n) is 2.91. The Morgan fingerprint density at radius 2 is 1.90 bits per heavy atom. The minimum absolute atomic E-state index is 0.0739. The molecule has 2 rings (SSSR count). The van der Waals surface area contributed by atoms with Gasteiger partial charge >= 0.3 is 13.8 Å². The zero-order valence-electron chi connectivity index (χ0n) is 18.9. The Hall–Kier alpha value is -1.29. The first-order valence-corrected chi connectivity index (χ1v) is 11.2. The quantitative estimate of drug-likeness (QED) is 0.628. The topological polar surface area (TPSA) is 118 Å². The summed E-state index contributed by atoms with van der Waals surface area (Å²) >= 11 is 0. The molecular formula is C19H33N2O8P. The van der Waals surface area contributed by atoms with Gasteiger partial charge in [0.2, 0.25) is 0 Å². The second-order valence-corrected chi connectivity index (χ2v) is 10.6. The molecule has 1 aromatic rings. The molecule has 1 saturated heterocycles. The zero-order valence-corrected chi connectivity index (χ0v) is 19.8. The summed E-state index contributed by atoms with van der Waals surface area (Å²) in [5.74, 6) is 0. The van der Waals surface area contributed by atoms with Crippen LogP contribution in [0.1, 0.15) is 59.8 Å². The Kier molecular flexibility index (Phi) is 7.54. The minimum Gasteiger partial charge on any atom is -0.468 e. The average Bonchev–Trinajstić information content (AvgIpc) is 2.93. The van der Waals surface area contributed by atoms with Crippen LogP contribution in [-0.4, -0.2) is 51.6 Å². The molecule has 2 unspecified atom stereocenters. The van der Waals surface area contributed by atoms with Gasteiger partial charge in [-0.2, -0.15) is 4.98 Å². The van der Waals surface area contributed by atoms with E-state index in [1.807, 2.05) is 20.8 Å². The highest BCUT2D eigenvalue weighted by Crippen LogP contribution is 2.51. The average molecular weight is 448 g/mol. The summed E-state index contributed by atoms with van der Waals surface area (Å²) in [6.07, 6.45) is -0.299. The molecule has 0 radical (unpaired) electrons. The van der Waals surface area contributed by atoms with Crippen LogP contribution in [0.4, 0.5) is 0 Å². The standard InChI is InChI=1S/C19H33N2O8P/c1-12-10-21(17(25-8)20-16(12)22)15-9-13(14(27-15)11-26-18(2,3)4)28-30(23,24)29-19(5,6)7/h10,13-15H,9,11H2,1-8H3,(H,23,24)/t13?,14-,15-/m1/s1. The summed E-state index contributed by atoms with van der Waals surface area (Å²) < 4.78 is 41.9. The molecular weight excluding hydrogens is 415 g/mol. The van der Waals surface area contributed by atoms with Crippen molar-refractivity contribution in [2.24, 2.45) is 0 Å². The van der Waals surface area contributed by atoms with Crippen molar-refractivity contribution >= 4 is 7.82 Å². The van der Waals surface area contributed by atoms with Gasteiger partial charge < -0.3 is 19.1 Å². The predicted octanol–water partition coefficient (Wildman–Crippen LogP) is 2.96. The van der Waals surface area contributed by atoms with Gasteiger partial charge in [-0.1, -0.05) is 0 Å². The van der Waals surface area contributed by atoms with E-state index in [4.69, 9.17) is 23.3 Å². The largest absolute Gasteiger partial charge is 0.473 e. The van der Waals surface area contributed by atoms with Crippen molar-refractivity contribution in [1.82, 2.24) is 9.55 Å². The zero-order chi connectivity index (χ0) is 22.9. The maximum Gasteiger partial charge on any atom is 0.473 e. The monoisotopic (exact) mass is 448 g/mol. The first-order valence-electron chi connectivity index (χ1n) is 9.75. The van der Waals surface area contributed by atoms with E-state index in [1.165, 1.54) is 7.11 Å². The third-order valence-corrected chi connectivity index (χ3v) is 5.42. The molecule has 10 nitrogen and oxygen atoms in total. The third kappa shape index (κ3) is 7.14. The Bertz CT molecular complexity index is 842. The number of aryl methyl sites for hydroxylation is 1. The van der Waals surface area contributed by atoms with Crippen LogP contribution in [-0.2, 0) is 23.1 Å². The van der Waals surface area contributed by atoms with Gasteiger partial charge in [-0.25, -0.2) is 4.57 Å². The lowest BCUT2D eigenvalue weighted by Gasteiger charge is -2.28. The molecule has 172 valence electrons. The van der Waals surface area contributed by atoms with Crippen LogP contribution in [0.3, 0.4) is 0 Å². The lowest BCUT2D eigenvalue weighted by Crippen LogP contribution is -2.33. The van der Waals surface area contributed by atoms with Crippen molar-refractivity contribution in [1.29, 1.82) is 0 Å². The van der Waals surface area contributed by atoms with Crippen LogP contribution in [0.2, 0.25) is 0 Å². The molecule has 0 aromatic carbocycles. The normalized spacial score (nSPS) is 24.6. The first kappa shape index (κ1) is 25.0.